The summed E-state index contributed by atoms with van der Waals surface area (Å²) >= 11 is 0. The fourth-order valence-electron chi connectivity index (χ4n) is 3.02. The molecule has 1 saturated carbocycles. The SMILES string of the molecule is CC(NC(=O)CC1CCCCC1)C(=O)Nc1cccc(CO)c1. The van der Waals surface area contributed by atoms with Crippen LogP contribution in [0.1, 0.15) is 51.0 Å². The van der Waals surface area contributed by atoms with Gasteiger partial charge in [-0.25, -0.2) is 0 Å². The van der Waals surface area contributed by atoms with Gasteiger partial charge in [-0.1, -0.05) is 31.4 Å². The Hall–Kier alpha value is -1.88. The number of rotatable bonds is 6. The summed E-state index contributed by atoms with van der Waals surface area (Å²) < 4.78 is 0. The first-order valence-corrected chi connectivity index (χ1v) is 8.38. The van der Waals surface area contributed by atoms with Gasteiger partial charge < -0.3 is 15.7 Å². The summed E-state index contributed by atoms with van der Waals surface area (Å²) in [6.45, 7) is 1.61. The lowest BCUT2D eigenvalue weighted by molar-refractivity contribution is -0.126. The summed E-state index contributed by atoms with van der Waals surface area (Å²) in [5, 5.41) is 14.6. The zero-order valence-corrected chi connectivity index (χ0v) is 13.7. The van der Waals surface area contributed by atoms with Crippen LogP contribution >= 0.6 is 0 Å². The second-order valence-electron chi connectivity index (χ2n) is 6.35. The number of hydrogen-bond acceptors (Lipinski definition) is 3. The molecule has 2 amide bonds. The van der Waals surface area contributed by atoms with Crippen LogP contribution in [-0.2, 0) is 16.2 Å². The van der Waals surface area contributed by atoms with Crippen molar-refractivity contribution in [1.82, 2.24) is 5.32 Å². The number of amides is 2. The van der Waals surface area contributed by atoms with E-state index in [1.165, 1.54) is 19.3 Å². The van der Waals surface area contributed by atoms with Gasteiger partial charge in [0.15, 0.2) is 0 Å². The third-order valence-corrected chi connectivity index (χ3v) is 4.35. The van der Waals surface area contributed by atoms with Crippen LogP contribution in [0.25, 0.3) is 0 Å². The average Bonchev–Trinajstić information content (AvgIpc) is 2.55. The predicted octanol–water partition coefficient (Wildman–Crippen LogP) is 2.59. The van der Waals surface area contributed by atoms with E-state index in [4.69, 9.17) is 5.11 Å². The fraction of sp³-hybridized carbons (Fsp3) is 0.556. The molecule has 0 radical (unpaired) electrons. The van der Waals surface area contributed by atoms with Crippen molar-refractivity contribution in [2.75, 3.05) is 5.32 Å². The van der Waals surface area contributed by atoms with Gasteiger partial charge in [0.2, 0.25) is 11.8 Å². The van der Waals surface area contributed by atoms with Gasteiger partial charge >= 0.3 is 0 Å². The van der Waals surface area contributed by atoms with Crippen LogP contribution in [0.5, 0.6) is 0 Å². The van der Waals surface area contributed by atoms with Crippen molar-refractivity contribution in [3.05, 3.63) is 29.8 Å². The Kier molecular flexibility index (Phi) is 6.59. The second-order valence-corrected chi connectivity index (χ2v) is 6.35. The van der Waals surface area contributed by atoms with Gasteiger partial charge in [0.1, 0.15) is 6.04 Å². The number of aliphatic hydroxyl groups is 1. The molecule has 5 heteroatoms. The van der Waals surface area contributed by atoms with Crippen LogP contribution in [0.4, 0.5) is 5.69 Å². The van der Waals surface area contributed by atoms with E-state index in [9.17, 15) is 9.59 Å². The van der Waals surface area contributed by atoms with Crippen molar-refractivity contribution < 1.29 is 14.7 Å². The first kappa shape index (κ1) is 17.5. The van der Waals surface area contributed by atoms with Gasteiger partial charge in [-0.15, -0.1) is 0 Å². The number of hydrogen-bond donors (Lipinski definition) is 3. The summed E-state index contributed by atoms with van der Waals surface area (Å²) in [6, 6.07) is 6.45. The van der Waals surface area contributed by atoms with Gasteiger partial charge in [-0.2, -0.15) is 0 Å². The maximum atomic E-state index is 12.2. The van der Waals surface area contributed by atoms with Gasteiger partial charge in [0.05, 0.1) is 6.61 Å². The number of anilines is 1. The highest BCUT2D eigenvalue weighted by Gasteiger charge is 2.20. The first-order chi connectivity index (χ1) is 11.1. The van der Waals surface area contributed by atoms with Gasteiger partial charge in [0, 0.05) is 12.1 Å². The topological polar surface area (TPSA) is 78.4 Å². The highest BCUT2D eigenvalue weighted by atomic mass is 16.3. The quantitative estimate of drug-likeness (QED) is 0.754. The second kappa shape index (κ2) is 8.67. The molecule has 0 bridgehead atoms. The van der Waals surface area contributed by atoms with Crippen LogP contribution < -0.4 is 10.6 Å². The highest BCUT2D eigenvalue weighted by Crippen LogP contribution is 2.26. The van der Waals surface area contributed by atoms with Gasteiger partial charge in [-0.3, -0.25) is 9.59 Å². The summed E-state index contributed by atoms with van der Waals surface area (Å²) in [5.74, 6) is 0.154. The minimum absolute atomic E-state index is 0.0522. The summed E-state index contributed by atoms with van der Waals surface area (Å²) in [6.07, 6.45) is 6.41. The summed E-state index contributed by atoms with van der Waals surface area (Å²) in [4.78, 5) is 24.2. The molecular weight excluding hydrogens is 292 g/mol. The molecule has 0 aromatic heterocycles. The van der Waals surface area contributed by atoms with Gasteiger partial charge in [0.25, 0.3) is 0 Å². The number of benzene rings is 1. The van der Waals surface area contributed by atoms with E-state index in [-0.39, 0.29) is 18.4 Å². The molecule has 1 aromatic carbocycles. The van der Waals surface area contributed by atoms with E-state index in [1.807, 2.05) is 0 Å². The maximum Gasteiger partial charge on any atom is 0.246 e. The van der Waals surface area contributed by atoms with E-state index in [0.29, 0.717) is 18.0 Å². The number of carbonyl (C=O) groups is 2. The van der Waals surface area contributed by atoms with Crippen molar-refractivity contribution >= 4 is 17.5 Å². The molecule has 1 aromatic rings. The Morgan fingerprint density at radius 3 is 2.70 bits per heavy atom. The summed E-state index contributed by atoms with van der Waals surface area (Å²) in [7, 11) is 0. The van der Waals surface area contributed by atoms with Crippen molar-refractivity contribution in [3.8, 4) is 0 Å². The minimum Gasteiger partial charge on any atom is -0.392 e. The zero-order valence-electron chi connectivity index (χ0n) is 13.7. The smallest absolute Gasteiger partial charge is 0.246 e. The average molecular weight is 318 g/mol. The van der Waals surface area contributed by atoms with Crippen LogP contribution in [0, 0.1) is 5.92 Å². The molecule has 5 nitrogen and oxygen atoms in total. The number of aliphatic hydroxyl groups excluding tert-OH is 1. The Labute approximate surface area is 137 Å². The molecule has 126 valence electrons. The number of nitrogens with one attached hydrogen (secondary N) is 2. The molecule has 1 atom stereocenters. The molecule has 0 aliphatic heterocycles. The molecule has 0 spiro atoms. The summed E-state index contributed by atoms with van der Waals surface area (Å²) in [5.41, 5.74) is 1.35. The normalized spacial score (nSPS) is 16.6. The van der Waals surface area contributed by atoms with E-state index in [2.05, 4.69) is 10.6 Å². The monoisotopic (exact) mass is 318 g/mol. The Morgan fingerprint density at radius 1 is 1.26 bits per heavy atom. The Bertz CT molecular complexity index is 539. The molecule has 2 rings (SSSR count). The molecule has 1 unspecified atom stereocenters. The molecule has 23 heavy (non-hydrogen) atoms. The van der Waals surface area contributed by atoms with Crippen LogP contribution in [-0.4, -0.2) is 23.0 Å². The molecule has 1 aliphatic carbocycles. The maximum absolute atomic E-state index is 12.2. The van der Waals surface area contributed by atoms with E-state index >= 15 is 0 Å². The molecule has 0 heterocycles. The van der Waals surface area contributed by atoms with E-state index in [1.54, 1.807) is 31.2 Å². The molecular formula is C18H26N2O3. The third-order valence-electron chi connectivity index (χ3n) is 4.35. The Morgan fingerprint density at radius 2 is 2.00 bits per heavy atom. The van der Waals surface area contributed by atoms with Crippen LogP contribution in [0.15, 0.2) is 24.3 Å². The van der Waals surface area contributed by atoms with Gasteiger partial charge in [-0.05, 0) is 43.4 Å². The number of carbonyl (C=O) groups excluding carboxylic acids is 2. The third kappa shape index (κ3) is 5.67. The predicted molar refractivity (Wildman–Crippen MR) is 89.8 cm³/mol. The highest BCUT2D eigenvalue weighted by molar-refractivity contribution is 5.96. The largest absolute Gasteiger partial charge is 0.392 e. The standard InChI is InChI=1S/C18H26N2O3/c1-13(19-17(22)11-14-6-3-2-4-7-14)18(23)20-16-9-5-8-15(10-16)12-21/h5,8-10,13-14,21H,2-4,6-7,11-12H2,1H3,(H,19,22)(H,20,23). The lowest BCUT2D eigenvalue weighted by Gasteiger charge is -2.22. The lowest BCUT2D eigenvalue weighted by atomic mass is 9.87. The lowest BCUT2D eigenvalue weighted by Crippen LogP contribution is -2.42. The Balaban J connectivity index is 1.80. The van der Waals surface area contributed by atoms with Crippen molar-refractivity contribution in [2.24, 2.45) is 5.92 Å². The molecule has 1 aliphatic rings. The zero-order chi connectivity index (χ0) is 16.7. The van der Waals surface area contributed by atoms with Crippen LogP contribution in [0.2, 0.25) is 0 Å². The van der Waals surface area contributed by atoms with Crippen molar-refractivity contribution in [2.45, 2.75) is 58.1 Å². The van der Waals surface area contributed by atoms with Crippen LogP contribution in [0.3, 0.4) is 0 Å². The first-order valence-electron chi connectivity index (χ1n) is 8.38. The van der Waals surface area contributed by atoms with E-state index in [0.717, 1.165) is 18.4 Å². The molecule has 1 fully saturated rings. The fourth-order valence-corrected chi connectivity index (χ4v) is 3.02. The molecule has 3 N–H and O–H groups in total. The van der Waals surface area contributed by atoms with Crippen molar-refractivity contribution in [3.63, 3.8) is 0 Å². The van der Waals surface area contributed by atoms with Crippen molar-refractivity contribution in [1.29, 1.82) is 0 Å². The minimum atomic E-state index is -0.580. The molecule has 0 saturated heterocycles. The van der Waals surface area contributed by atoms with E-state index < -0.39 is 6.04 Å².